The topological polar surface area (TPSA) is 62.9 Å². The highest BCUT2D eigenvalue weighted by atomic mass is 19.4. The number of alkyl halides is 3. The summed E-state index contributed by atoms with van der Waals surface area (Å²) in [6.07, 6.45) is -1.56. The predicted octanol–water partition coefficient (Wildman–Crippen LogP) is 4.52. The van der Waals surface area contributed by atoms with Crippen LogP contribution in [-0.4, -0.2) is 37.6 Å². The molecule has 172 valence electrons. The zero-order valence-electron chi connectivity index (χ0n) is 18.1. The molecule has 32 heavy (non-hydrogen) atoms. The van der Waals surface area contributed by atoms with Gasteiger partial charge in [0.2, 0.25) is 0 Å². The molecule has 8 heteroatoms. The van der Waals surface area contributed by atoms with Crippen molar-refractivity contribution in [1.29, 1.82) is 0 Å². The number of benzene rings is 2. The Morgan fingerprint density at radius 3 is 2.66 bits per heavy atom. The molecule has 0 bridgehead atoms. The number of halogens is 3. The lowest BCUT2D eigenvalue weighted by Gasteiger charge is -2.39. The highest BCUT2D eigenvalue weighted by molar-refractivity contribution is 5.78. The van der Waals surface area contributed by atoms with E-state index in [9.17, 15) is 13.2 Å². The maximum Gasteiger partial charge on any atom is 0.416 e. The van der Waals surface area contributed by atoms with Crippen molar-refractivity contribution in [3.8, 4) is 5.75 Å². The second-order valence-electron chi connectivity index (χ2n) is 8.55. The van der Waals surface area contributed by atoms with Crippen molar-refractivity contribution in [2.75, 3.05) is 26.7 Å². The monoisotopic (exact) mass is 446 g/mol. The molecule has 2 heterocycles. The first-order valence-electron chi connectivity index (χ1n) is 11.0. The van der Waals surface area contributed by atoms with Crippen LogP contribution in [0.3, 0.4) is 0 Å². The Balaban J connectivity index is 1.45. The lowest BCUT2D eigenvalue weighted by Crippen LogP contribution is -2.40. The van der Waals surface area contributed by atoms with Crippen molar-refractivity contribution >= 4 is 5.96 Å². The first-order valence-corrected chi connectivity index (χ1v) is 11.0. The molecule has 3 atom stereocenters. The number of nitrogens with one attached hydrogen (secondary N) is 1. The van der Waals surface area contributed by atoms with Crippen LogP contribution in [-0.2, 0) is 6.18 Å². The average Bonchev–Trinajstić information content (AvgIpc) is 2.77. The quantitative estimate of drug-likeness (QED) is 0.536. The number of para-hydroxylation sites is 1. The van der Waals surface area contributed by atoms with Gasteiger partial charge in [-0.05, 0) is 56.1 Å². The number of nitrogens with two attached hydrogens (primary N) is 1. The van der Waals surface area contributed by atoms with E-state index in [2.05, 4.69) is 15.2 Å². The maximum atomic E-state index is 13.0. The van der Waals surface area contributed by atoms with Gasteiger partial charge in [0.25, 0.3) is 0 Å². The van der Waals surface area contributed by atoms with E-state index in [4.69, 9.17) is 10.5 Å². The molecule has 0 saturated carbocycles. The Labute approximate surface area is 186 Å². The Bertz CT molecular complexity index is 945. The van der Waals surface area contributed by atoms with E-state index in [0.717, 1.165) is 54.8 Å². The summed E-state index contributed by atoms with van der Waals surface area (Å²) in [5, 5.41) is 3.31. The van der Waals surface area contributed by atoms with Crippen LogP contribution in [0.4, 0.5) is 13.2 Å². The van der Waals surface area contributed by atoms with Gasteiger partial charge in [-0.2, -0.15) is 13.2 Å². The molecule has 1 fully saturated rings. The summed E-state index contributed by atoms with van der Waals surface area (Å²) in [6, 6.07) is 13.4. The highest BCUT2D eigenvalue weighted by Gasteiger charge is 2.33. The average molecular weight is 447 g/mol. The number of aliphatic imine (C=N–C) groups is 1. The normalized spacial score (nSPS) is 24.5. The van der Waals surface area contributed by atoms with Crippen molar-refractivity contribution in [3.05, 3.63) is 65.2 Å². The van der Waals surface area contributed by atoms with Gasteiger partial charge in [0.15, 0.2) is 5.96 Å². The van der Waals surface area contributed by atoms with E-state index in [1.54, 1.807) is 12.1 Å². The summed E-state index contributed by atoms with van der Waals surface area (Å²) < 4.78 is 44.6. The third kappa shape index (κ3) is 5.01. The molecule has 0 amide bonds. The Morgan fingerprint density at radius 1 is 1.16 bits per heavy atom. The van der Waals surface area contributed by atoms with Crippen molar-refractivity contribution in [2.24, 2.45) is 16.6 Å². The molecule has 5 nitrogen and oxygen atoms in total. The van der Waals surface area contributed by atoms with Crippen LogP contribution >= 0.6 is 0 Å². The number of guanidine groups is 1. The SMILES string of the molecule is CN1CCCC(CN=C(N)NC2CCOc3ccccc32)C1c1ccc(C(F)(F)F)cc1. The summed E-state index contributed by atoms with van der Waals surface area (Å²) in [5.74, 6) is 1.42. The number of likely N-dealkylation sites (tertiary alicyclic amines) is 1. The third-order valence-electron chi connectivity index (χ3n) is 6.36. The minimum Gasteiger partial charge on any atom is -0.493 e. The van der Waals surface area contributed by atoms with E-state index in [1.807, 2.05) is 31.3 Å². The summed E-state index contributed by atoms with van der Waals surface area (Å²) >= 11 is 0. The molecular formula is C24H29F3N4O. The van der Waals surface area contributed by atoms with Gasteiger partial charge in [-0.15, -0.1) is 0 Å². The first-order chi connectivity index (χ1) is 15.3. The number of ether oxygens (including phenoxy) is 1. The van der Waals surface area contributed by atoms with E-state index in [1.165, 1.54) is 0 Å². The summed E-state index contributed by atoms with van der Waals surface area (Å²) in [5.41, 5.74) is 7.55. The number of rotatable bonds is 4. The molecular weight excluding hydrogens is 417 g/mol. The fourth-order valence-electron chi connectivity index (χ4n) is 4.78. The standard InChI is InChI=1S/C24H29F3N4O/c1-31-13-4-5-17(22(31)16-8-10-18(11-9-16)24(25,26)27)15-29-23(28)30-20-12-14-32-21-7-3-2-6-19(20)21/h2-3,6-11,17,20,22H,4-5,12-15H2,1H3,(H3,28,29,30). The van der Waals surface area contributed by atoms with Gasteiger partial charge in [-0.25, -0.2) is 0 Å². The van der Waals surface area contributed by atoms with E-state index in [0.29, 0.717) is 19.1 Å². The number of fused-ring (bicyclic) bond motifs is 1. The lowest BCUT2D eigenvalue weighted by atomic mass is 9.84. The molecule has 4 rings (SSSR count). The van der Waals surface area contributed by atoms with Gasteiger partial charge >= 0.3 is 6.18 Å². The van der Waals surface area contributed by atoms with Crippen LogP contribution in [0.15, 0.2) is 53.5 Å². The van der Waals surface area contributed by atoms with Crippen LogP contribution in [0.25, 0.3) is 0 Å². The second-order valence-corrected chi connectivity index (χ2v) is 8.55. The van der Waals surface area contributed by atoms with Crippen molar-refractivity contribution in [1.82, 2.24) is 10.2 Å². The van der Waals surface area contributed by atoms with E-state index < -0.39 is 11.7 Å². The van der Waals surface area contributed by atoms with Gasteiger partial charge in [-0.3, -0.25) is 9.89 Å². The minimum absolute atomic E-state index is 0.00592. The molecule has 0 aliphatic carbocycles. The molecule has 2 aromatic carbocycles. The minimum atomic E-state index is -4.33. The van der Waals surface area contributed by atoms with Gasteiger partial charge < -0.3 is 15.8 Å². The summed E-state index contributed by atoms with van der Waals surface area (Å²) in [7, 11) is 2.01. The van der Waals surface area contributed by atoms with E-state index >= 15 is 0 Å². The zero-order valence-corrected chi connectivity index (χ0v) is 18.1. The largest absolute Gasteiger partial charge is 0.493 e. The van der Waals surface area contributed by atoms with Gasteiger partial charge in [0.1, 0.15) is 5.75 Å². The third-order valence-corrected chi connectivity index (χ3v) is 6.36. The fraction of sp³-hybridized carbons (Fsp3) is 0.458. The molecule has 3 unspecified atom stereocenters. The molecule has 3 N–H and O–H groups in total. The van der Waals surface area contributed by atoms with Crippen molar-refractivity contribution in [2.45, 2.75) is 37.5 Å². The molecule has 0 spiro atoms. The van der Waals surface area contributed by atoms with Gasteiger partial charge in [0.05, 0.1) is 18.2 Å². The van der Waals surface area contributed by atoms with Crippen LogP contribution in [0.1, 0.15) is 48.0 Å². The molecule has 2 aromatic rings. The molecule has 1 saturated heterocycles. The fourth-order valence-corrected chi connectivity index (χ4v) is 4.78. The summed E-state index contributed by atoms with van der Waals surface area (Å²) in [4.78, 5) is 6.82. The second kappa shape index (κ2) is 9.40. The Morgan fingerprint density at radius 2 is 1.91 bits per heavy atom. The van der Waals surface area contributed by atoms with Crippen LogP contribution in [0.2, 0.25) is 0 Å². The number of hydrogen-bond acceptors (Lipinski definition) is 3. The van der Waals surface area contributed by atoms with E-state index in [-0.39, 0.29) is 18.0 Å². The Hall–Kier alpha value is -2.74. The maximum absolute atomic E-state index is 13.0. The number of piperidine rings is 1. The van der Waals surface area contributed by atoms with Crippen LogP contribution in [0.5, 0.6) is 5.75 Å². The zero-order chi connectivity index (χ0) is 22.7. The highest BCUT2D eigenvalue weighted by Crippen LogP contribution is 2.37. The molecule has 0 aromatic heterocycles. The number of nitrogens with zero attached hydrogens (tertiary/aromatic N) is 2. The van der Waals surface area contributed by atoms with Gasteiger partial charge in [-0.1, -0.05) is 30.3 Å². The van der Waals surface area contributed by atoms with Crippen LogP contribution < -0.4 is 15.8 Å². The van der Waals surface area contributed by atoms with Gasteiger partial charge in [0, 0.05) is 24.6 Å². The predicted molar refractivity (Wildman–Crippen MR) is 118 cm³/mol. The number of hydrogen-bond donors (Lipinski definition) is 2. The summed E-state index contributed by atoms with van der Waals surface area (Å²) in [6.45, 7) is 2.03. The molecule has 2 aliphatic heterocycles. The van der Waals surface area contributed by atoms with Crippen LogP contribution in [0, 0.1) is 5.92 Å². The molecule has 2 aliphatic rings. The lowest BCUT2D eigenvalue weighted by molar-refractivity contribution is -0.137. The molecule has 0 radical (unpaired) electrons. The van der Waals surface area contributed by atoms with Crippen molar-refractivity contribution in [3.63, 3.8) is 0 Å². The Kier molecular flexibility index (Phi) is 6.60. The first kappa shape index (κ1) is 22.5. The van der Waals surface area contributed by atoms with Crippen molar-refractivity contribution < 1.29 is 17.9 Å². The smallest absolute Gasteiger partial charge is 0.416 e.